The molecule has 0 radical (unpaired) electrons. The SMILES string of the molecule is CNc1cccc(N2CCc3c(Oc4ccc(C(F)(F)F)c(F)c4)cccc3C2=O)n1. The zero-order valence-electron chi connectivity index (χ0n) is 16.3. The molecule has 0 unspecified atom stereocenters. The van der Waals surface area contributed by atoms with Gasteiger partial charge in [-0.2, -0.15) is 13.2 Å². The van der Waals surface area contributed by atoms with Gasteiger partial charge in [0.15, 0.2) is 0 Å². The molecule has 0 spiro atoms. The maximum absolute atomic E-state index is 13.9. The fourth-order valence-electron chi connectivity index (χ4n) is 3.44. The van der Waals surface area contributed by atoms with Crippen LogP contribution in [0.3, 0.4) is 0 Å². The number of amides is 1. The van der Waals surface area contributed by atoms with E-state index in [-0.39, 0.29) is 11.7 Å². The van der Waals surface area contributed by atoms with Gasteiger partial charge >= 0.3 is 6.18 Å². The van der Waals surface area contributed by atoms with Crippen molar-refractivity contribution in [3.8, 4) is 11.5 Å². The number of halogens is 4. The largest absolute Gasteiger partial charge is 0.457 e. The highest BCUT2D eigenvalue weighted by Crippen LogP contribution is 2.36. The molecule has 1 amide bonds. The first-order valence-electron chi connectivity index (χ1n) is 9.41. The van der Waals surface area contributed by atoms with Gasteiger partial charge in [0, 0.05) is 30.8 Å². The Kier molecular flexibility index (Phi) is 5.26. The van der Waals surface area contributed by atoms with Crippen molar-refractivity contribution in [2.75, 3.05) is 23.8 Å². The molecule has 0 saturated carbocycles. The first-order valence-corrected chi connectivity index (χ1v) is 9.41. The molecule has 3 aromatic rings. The molecule has 5 nitrogen and oxygen atoms in total. The van der Waals surface area contributed by atoms with Gasteiger partial charge in [0.05, 0.1) is 5.56 Å². The van der Waals surface area contributed by atoms with Crippen molar-refractivity contribution in [1.29, 1.82) is 0 Å². The van der Waals surface area contributed by atoms with Crippen LogP contribution in [0, 0.1) is 5.82 Å². The number of aromatic nitrogens is 1. The van der Waals surface area contributed by atoms with Gasteiger partial charge in [0.25, 0.3) is 5.91 Å². The highest BCUT2D eigenvalue weighted by atomic mass is 19.4. The van der Waals surface area contributed by atoms with Crippen molar-refractivity contribution >= 4 is 17.5 Å². The molecule has 4 rings (SSSR count). The molecule has 160 valence electrons. The van der Waals surface area contributed by atoms with E-state index in [1.165, 1.54) is 0 Å². The van der Waals surface area contributed by atoms with Gasteiger partial charge in [-0.05, 0) is 42.8 Å². The summed E-state index contributed by atoms with van der Waals surface area (Å²) in [5.74, 6) is -0.367. The Morgan fingerprint density at radius 3 is 2.58 bits per heavy atom. The highest BCUT2D eigenvalue weighted by Gasteiger charge is 2.34. The average Bonchev–Trinajstić information content (AvgIpc) is 2.74. The van der Waals surface area contributed by atoms with Crippen LogP contribution in [0.2, 0.25) is 0 Å². The maximum Gasteiger partial charge on any atom is 0.419 e. The molecule has 0 aliphatic carbocycles. The Balaban J connectivity index is 1.62. The van der Waals surface area contributed by atoms with E-state index in [9.17, 15) is 22.4 Å². The number of pyridine rings is 1. The van der Waals surface area contributed by atoms with Crippen molar-refractivity contribution in [2.24, 2.45) is 0 Å². The fraction of sp³-hybridized carbons (Fsp3) is 0.182. The molecule has 2 aromatic carbocycles. The molecule has 1 N–H and O–H groups in total. The molecule has 0 saturated heterocycles. The lowest BCUT2D eigenvalue weighted by molar-refractivity contribution is -0.140. The number of nitrogens with zero attached hydrogens (tertiary/aromatic N) is 2. The standard InChI is InChI=1S/C22H17F4N3O2/c1-27-19-6-3-7-20(28-19)29-11-10-14-15(21(29)30)4-2-5-18(14)31-13-8-9-16(17(23)12-13)22(24,25)26/h2-9,12H,10-11H2,1H3,(H,27,28). The summed E-state index contributed by atoms with van der Waals surface area (Å²) in [7, 11) is 1.73. The quantitative estimate of drug-likeness (QED) is 0.572. The number of rotatable bonds is 4. The monoisotopic (exact) mass is 431 g/mol. The smallest absolute Gasteiger partial charge is 0.419 e. The Labute approximate surface area is 175 Å². The summed E-state index contributed by atoms with van der Waals surface area (Å²) in [6, 6.07) is 12.5. The molecule has 1 aliphatic heterocycles. The van der Waals surface area contributed by atoms with E-state index in [1.54, 1.807) is 48.3 Å². The maximum atomic E-state index is 13.9. The molecule has 1 aromatic heterocycles. The number of carbonyl (C=O) groups excluding carboxylic acids is 1. The topological polar surface area (TPSA) is 54.5 Å². The summed E-state index contributed by atoms with van der Waals surface area (Å²) < 4.78 is 57.8. The van der Waals surface area contributed by atoms with Crippen molar-refractivity contribution in [1.82, 2.24) is 4.98 Å². The predicted molar refractivity (Wildman–Crippen MR) is 107 cm³/mol. The summed E-state index contributed by atoms with van der Waals surface area (Å²) in [6.07, 6.45) is -4.35. The van der Waals surface area contributed by atoms with Crippen molar-refractivity contribution in [2.45, 2.75) is 12.6 Å². The number of benzene rings is 2. The minimum Gasteiger partial charge on any atom is -0.457 e. The lowest BCUT2D eigenvalue weighted by atomic mass is 9.98. The van der Waals surface area contributed by atoms with E-state index in [0.717, 1.165) is 6.07 Å². The minimum absolute atomic E-state index is 0.0860. The van der Waals surface area contributed by atoms with E-state index < -0.39 is 17.6 Å². The fourth-order valence-corrected chi connectivity index (χ4v) is 3.44. The van der Waals surface area contributed by atoms with Crippen LogP contribution in [0.15, 0.2) is 54.6 Å². The summed E-state index contributed by atoms with van der Waals surface area (Å²) >= 11 is 0. The first kappa shape index (κ1) is 20.6. The molecule has 0 atom stereocenters. The Bertz CT molecular complexity index is 1150. The van der Waals surface area contributed by atoms with Crippen LogP contribution in [0.25, 0.3) is 0 Å². The average molecular weight is 431 g/mol. The van der Waals surface area contributed by atoms with Gasteiger partial charge in [-0.25, -0.2) is 9.37 Å². The Morgan fingerprint density at radius 2 is 1.87 bits per heavy atom. The van der Waals surface area contributed by atoms with E-state index in [2.05, 4.69) is 10.3 Å². The van der Waals surface area contributed by atoms with Crippen LogP contribution in [0.4, 0.5) is 29.2 Å². The molecular weight excluding hydrogens is 414 g/mol. The Morgan fingerprint density at radius 1 is 1.10 bits per heavy atom. The first-order chi connectivity index (χ1) is 14.8. The third-order valence-corrected chi connectivity index (χ3v) is 4.93. The third kappa shape index (κ3) is 4.03. The number of ether oxygens (including phenoxy) is 1. The van der Waals surface area contributed by atoms with Crippen LogP contribution in [0.1, 0.15) is 21.5 Å². The lowest BCUT2D eigenvalue weighted by Crippen LogP contribution is -2.38. The third-order valence-electron chi connectivity index (χ3n) is 4.93. The van der Waals surface area contributed by atoms with Crippen molar-refractivity contribution < 1.29 is 27.1 Å². The number of anilines is 2. The van der Waals surface area contributed by atoms with Gasteiger partial charge in [-0.15, -0.1) is 0 Å². The van der Waals surface area contributed by atoms with Crippen molar-refractivity contribution in [3.05, 3.63) is 77.1 Å². The number of alkyl halides is 3. The summed E-state index contributed by atoms with van der Waals surface area (Å²) in [5, 5.41) is 2.92. The predicted octanol–water partition coefficient (Wildman–Crippen LogP) is 5.28. The van der Waals surface area contributed by atoms with Gasteiger partial charge in [-0.1, -0.05) is 12.1 Å². The number of carbonyl (C=O) groups is 1. The van der Waals surface area contributed by atoms with E-state index in [0.29, 0.717) is 53.6 Å². The van der Waals surface area contributed by atoms with Gasteiger partial charge in [0.2, 0.25) is 0 Å². The van der Waals surface area contributed by atoms with Gasteiger partial charge < -0.3 is 10.1 Å². The highest BCUT2D eigenvalue weighted by molar-refractivity contribution is 6.08. The molecule has 9 heteroatoms. The second-order valence-electron chi connectivity index (χ2n) is 6.86. The van der Waals surface area contributed by atoms with Gasteiger partial charge in [0.1, 0.15) is 29.0 Å². The summed E-state index contributed by atoms with van der Waals surface area (Å²) in [6.45, 7) is 0.341. The minimum atomic E-state index is -4.79. The van der Waals surface area contributed by atoms with Crippen LogP contribution in [-0.4, -0.2) is 24.5 Å². The van der Waals surface area contributed by atoms with Crippen molar-refractivity contribution in [3.63, 3.8) is 0 Å². The molecular formula is C22H17F4N3O2. The summed E-state index contributed by atoms with van der Waals surface area (Å²) in [5.41, 5.74) is -0.362. The van der Waals surface area contributed by atoms with Crippen LogP contribution < -0.4 is 15.0 Å². The molecule has 0 fully saturated rings. The number of fused-ring (bicyclic) bond motifs is 1. The number of nitrogens with one attached hydrogen (secondary N) is 1. The molecule has 2 heterocycles. The second kappa shape index (κ2) is 7.90. The van der Waals surface area contributed by atoms with E-state index in [1.807, 2.05) is 0 Å². The normalized spacial score (nSPS) is 13.7. The van der Waals surface area contributed by atoms with Gasteiger partial charge in [-0.3, -0.25) is 9.69 Å². The number of hydrogen-bond donors (Lipinski definition) is 1. The zero-order chi connectivity index (χ0) is 22.2. The van der Waals surface area contributed by atoms with E-state index in [4.69, 9.17) is 4.74 Å². The molecule has 1 aliphatic rings. The van der Waals surface area contributed by atoms with Crippen LogP contribution >= 0.6 is 0 Å². The molecule has 0 bridgehead atoms. The Hall–Kier alpha value is -3.62. The molecule has 31 heavy (non-hydrogen) atoms. The van der Waals surface area contributed by atoms with E-state index >= 15 is 0 Å². The summed E-state index contributed by atoms with van der Waals surface area (Å²) in [4.78, 5) is 19.0. The second-order valence-corrected chi connectivity index (χ2v) is 6.86. The number of hydrogen-bond acceptors (Lipinski definition) is 4. The van der Waals surface area contributed by atoms with Crippen LogP contribution in [-0.2, 0) is 12.6 Å². The van der Waals surface area contributed by atoms with Crippen LogP contribution in [0.5, 0.6) is 11.5 Å². The lowest BCUT2D eigenvalue weighted by Gasteiger charge is -2.29. The zero-order valence-corrected chi connectivity index (χ0v) is 16.3.